The molecule has 3 aliphatic rings. The van der Waals surface area contributed by atoms with Gasteiger partial charge in [-0.15, -0.1) is 0 Å². The predicted molar refractivity (Wildman–Crippen MR) is 111 cm³/mol. The molecular weight excluding hydrogens is 385 g/mol. The lowest BCUT2D eigenvalue weighted by Gasteiger charge is -2.49. The molecule has 2 amide bonds. The number of hydrogen-bond acceptors (Lipinski definition) is 4. The molecule has 1 spiro atoms. The summed E-state index contributed by atoms with van der Waals surface area (Å²) in [4.78, 5) is 30.6. The van der Waals surface area contributed by atoms with Gasteiger partial charge in [0.15, 0.2) is 0 Å². The second kappa shape index (κ2) is 9.02. The van der Waals surface area contributed by atoms with Crippen LogP contribution in [0, 0.1) is 5.82 Å². The molecule has 1 aromatic rings. The van der Waals surface area contributed by atoms with E-state index in [0.29, 0.717) is 19.1 Å². The molecule has 3 fully saturated rings. The molecule has 7 heteroatoms. The monoisotopic (exact) mass is 417 g/mol. The number of ether oxygens (including phenoxy) is 1. The lowest BCUT2D eigenvalue weighted by Crippen LogP contribution is -2.57. The zero-order chi connectivity index (χ0) is 21.1. The van der Waals surface area contributed by atoms with Crippen LogP contribution in [0.5, 0.6) is 0 Å². The first-order chi connectivity index (χ1) is 14.4. The van der Waals surface area contributed by atoms with Gasteiger partial charge in [-0.3, -0.25) is 14.5 Å². The second-order valence-electron chi connectivity index (χ2n) is 8.91. The van der Waals surface area contributed by atoms with Gasteiger partial charge in [0, 0.05) is 58.8 Å². The second-order valence-corrected chi connectivity index (χ2v) is 8.91. The van der Waals surface area contributed by atoms with Crippen molar-refractivity contribution in [3.05, 3.63) is 35.6 Å². The molecule has 3 heterocycles. The van der Waals surface area contributed by atoms with E-state index in [0.717, 1.165) is 64.0 Å². The third kappa shape index (κ3) is 4.83. The van der Waals surface area contributed by atoms with Crippen LogP contribution in [-0.2, 0) is 20.7 Å². The van der Waals surface area contributed by atoms with Crippen molar-refractivity contribution < 1.29 is 18.7 Å². The lowest BCUT2D eigenvalue weighted by atomic mass is 9.81. The minimum atomic E-state index is -0.302. The van der Waals surface area contributed by atoms with Gasteiger partial charge in [0.1, 0.15) is 5.82 Å². The van der Waals surface area contributed by atoms with E-state index in [2.05, 4.69) is 4.90 Å². The maximum absolute atomic E-state index is 13.4. The number of benzene rings is 1. The molecule has 164 valence electrons. The molecule has 0 aromatic heterocycles. The third-order valence-corrected chi connectivity index (χ3v) is 7.01. The minimum Gasteiger partial charge on any atom is -0.375 e. The summed E-state index contributed by atoms with van der Waals surface area (Å²) in [5, 5.41) is 0. The van der Waals surface area contributed by atoms with Gasteiger partial charge in [-0.05, 0) is 43.4 Å². The van der Waals surface area contributed by atoms with Crippen LogP contribution in [0.4, 0.5) is 4.39 Å². The number of carbonyl (C=O) groups excluding carboxylic acids is 2. The molecular formula is C23H32FN3O3. The largest absolute Gasteiger partial charge is 0.375 e. The summed E-state index contributed by atoms with van der Waals surface area (Å²) in [6.45, 7) is 7.26. The van der Waals surface area contributed by atoms with Crippen LogP contribution in [0.15, 0.2) is 24.3 Å². The number of rotatable bonds is 3. The maximum atomic E-state index is 13.4. The Hall–Kier alpha value is -1.99. The Kier molecular flexibility index (Phi) is 6.39. The minimum absolute atomic E-state index is 0.0585. The number of hydrogen-bond donors (Lipinski definition) is 0. The molecule has 4 rings (SSSR count). The highest BCUT2D eigenvalue weighted by molar-refractivity contribution is 5.78. The van der Waals surface area contributed by atoms with E-state index in [-0.39, 0.29) is 29.7 Å². The normalized spacial score (nSPS) is 24.8. The Labute approximate surface area is 177 Å². The molecule has 30 heavy (non-hydrogen) atoms. The number of piperazine rings is 1. The Bertz CT molecular complexity index is 771. The molecule has 0 saturated carbocycles. The fourth-order valence-electron chi connectivity index (χ4n) is 5.16. The van der Waals surface area contributed by atoms with Gasteiger partial charge in [-0.1, -0.05) is 12.1 Å². The maximum Gasteiger partial charge on any atom is 0.226 e. The number of amides is 2. The molecule has 1 aromatic carbocycles. The molecule has 0 N–H and O–H groups in total. The highest BCUT2D eigenvalue weighted by atomic mass is 19.1. The highest BCUT2D eigenvalue weighted by Crippen LogP contribution is 2.37. The van der Waals surface area contributed by atoms with Gasteiger partial charge in [-0.25, -0.2) is 4.39 Å². The summed E-state index contributed by atoms with van der Waals surface area (Å²) in [7, 11) is 0. The summed E-state index contributed by atoms with van der Waals surface area (Å²) < 4.78 is 19.7. The van der Waals surface area contributed by atoms with Gasteiger partial charge >= 0.3 is 0 Å². The standard InChI is InChI=1S/C23H32FN3O3/c1-18(28)25-10-12-26(13-11-25)21-5-14-30-23(17-21)6-8-27(9-7-23)22(29)16-19-3-2-4-20(24)15-19/h2-4,15,21H,5-14,16-17H2,1H3/t21-/m1/s1. The van der Waals surface area contributed by atoms with Gasteiger partial charge in [-0.2, -0.15) is 0 Å². The van der Waals surface area contributed by atoms with E-state index in [1.165, 1.54) is 12.1 Å². The zero-order valence-corrected chi connectivity index (χ0v) is 17.8. The quantitative estimate of drug-likeness (QED) is 0.756. The summed E-state index contributed by atoms with van der Waals surface area (Å²) in [5.74, 6) is -0.0831. The predicted octanol–water partition coefficient (Wildman–Crippen LogP) is 2.07. The number of piperidine rings is 1. The van der Waals surface area contributed by atoms with Crippen molar-refractivity contribution in [1.29, 1.82) is 0 Å². The van der Waals surface area contributed by atoms with E-state index in [4.69, 9.17) is 4.74 Å². The first kappa shape index (κ1) is 21.2. The summed E-state index contributed by atoms with van der Waals surface area (Å²) in [6, 6.07) is 6.77. The van der Waals surface area contributed by atoms with Crippen molar-refractivity contribution in [2.45, 2.75) is 50.7 Å². The average molecular weight is 418 g/mol. The van der Waals surface area contributed by atoms with Crippen molar-refractivity contribution in [3.63, 3.8) is 0 Å². The Morgan fingerprint density at radius 3 is 2.50 bits per heavy atom. The molecule has 3 aliphatic heterocycles. The van der Waals surface area contributed by atoms with Gasteiger partial charge < -0.3 is 14.5 Å². The van der Waals surface area contributed by atoms with Crippen molar-refractivity contribution in [1.82, 2.24) is 14.7 Å². The topological polar surface area (TPSA) is 53.1 Å². The van der Waals surface area contributed by atoms with Crippen molar-refractivity contribution in [2.75, 3.05) is 45.9 Å². The molecule has 0 radical (unpaired) electrons. The highest BCUT2D eigenvalue weighted by Gasteiger charge is 2.42. The fourth-order valence-corrected chi connectivity index (χ4v) is 5.16. The molecule has 0 unspecified atom stereocenters. The van der Waals surface area contributed by atoms with Gasteiger partial charge in [0.2, 0.25) is 11.8 Å². The SMILES string of the molecule is CC(=O)N1CCN([C@@H]2CCOC3(CCN(C(=O)Cc4cccc(F)c4)CC3)C2)CC1. The van der Waals surface area contributed by atoms with Crippen LogP contribution in [0.1, 0.15) is 38.2 Å². The lowest BCUT2D eigenvalue weighted by molar-refractivity contribution is -0.151. The average Bonchev–Trinajstić information content (AvgIpc) is 2.74. The van der Waals surface area contributed by atoms with E-state index in [1.807, 2.05) is 9.80 Å². The van der Waals surface area contributed by atoms with Gasteiger partial charge in [0.05, 0.1) is 12.0 Å². The molecule has 1 atom stereocenters. The fraction of sp³-hybridized carbons (Fsp3) is 0.652. The Morgan fingerprint density at radius 2 is 1.83 bits per heavy atom. The van der Waals surface area contributed by atoms with Crippen LogP contribution in [-0.4, -0.2) is 84.0 Å². The van der Waals surface area contributed by atoms with Crippen LogP contribution in [0.2, 0.25) is 0 Å². The third-order valence-electron chi connectivity index (χ3n) is 7.01. The summed E-state index contributed by atoms with van der Waals surface area (Å²) in [5.41, 5.74) is 0.579. The van der Waals surface area contributed by atoms with Crippen LogP contribution >= 0.6 is 0 Å². The van der Waals surface area contributed by atoms with E-state index >= 15 is 0 Å². The first-order valence-corrected chi connectivity index (χ1v) is 11.1. The first-order valence-electron chi connectivity index (χ1n) is 11.1. The van der Waals surface area contributed by atoms with E-state index in [1.54, 1.807) is 19.1 Å². The van der Waals surface area contributed by atoms with Gasteiger partial charge in [0.25, 0.3) is 0 Å². The molecule has 6 nitrogen and oxygen atoms in total. The zero-order valence-electron chi connectivity index (χ0n) is 17.8. The summed E-state index contributed by atoms with van der Waals surface area (Å²) in [6.07, 6.45) is 3.98. The van der Waals surface area contributed by atoms with Crippen molar-refractivity contribution in [3.8, 4) is 0 Å². The summed E-state index contributed by atoms with van der Waals surface area (Å²) >= 11 is 0. The number of nitrogens with zero attached hydrogens (tertiary/aromatic N) is 3. The van der Waals surface area contributed by atoms with Crippen molar-refractivity contribution in [2.24, 2.45) is 0 Å². The Morgan fingerprint density at radius 1 is 1.10 bits per heavy atom. The van der Waals surface area contributed by atoms with Crippen LogP contribution in [0.25, 0.3) is 0 Å². The van der Waals surface area contributed by atoms with E-state index in [9.17, 15) is 14.0 Å². The molecule has 0 bridgehead atoms. The number of halogens is 1. The molecule has 0 aliphatic carbocycles. The number of likely N-dealkylation sites (tertiary alicyclic amines) is 1. The van der Waals surface area contributed by atoms with Crippen LogP contribution in [0.3, 0.4) is 0 Å². The van der Waals surface area contributed by atoms with Crippen LogP contribution < -0.4 is 0 Å². The van der Waals surface area contributed by atoms with E-state index < -0.39 is 0 Å². The smallest absolute Gasteiger partial charge is 0.226 e. The number of carbonyl (C=O) groups is 2. The Balaban J connectivity index is 1.29. The van der Waals surface area contributed by atoms with Crippen molar-refractivity contribution >= 4 is 11.8 Å². The molecule has 3 saturated heterocycles.